The summed E-state index contributed by atoms with van der Waals surface area (Å²) in [5, 5.41) is 6.20. The lowest BCUT2D eigenvalue weighted by Gasteiger charge is -2.41. The van der Waals surface area contributed by atoms with Crippen molar-refractivity contribution in [3.05, 3.63) is 48.3 Å². The normalized spacial score (nSPS) is 15.5. The molecule has 0 aliphatic carbocycles. The van der Waals surface area contributed by atoms with E-state index in [-0.39, 0.29) is 11.4 Å². The third-order valence-electron chi connectivity index (χ3n) is 4.84. The molecule has 1 amide bonds. The first kappa shape index (κ1) is 18.3. The Hall–Kier alpha value is -2.47. The maximum absolute atomic E-state index is 12.6. The van der Waals surface area contributed by atoms with E-state index in [0.717, 1.165) is 18.8 Å². The number of amides is 1. The number of piperidine rings is 1. The van der Waals surface area contributed by atoms with Crippen molar-refractivity contribution in [3.8, 4) is 0 Å². The van der Waals surface area contributed by atoms with Crippen LogP contribution in [0, 0.1) is 0 Å². The lowest BCUT2D eigenvalue weighted by Crippen LogP contribution is -2.53. The monoisotopic (exact) mass is 353 g/mol. The van der Waals surface area contributed by atoms with E-state index >= 15 is 0 Å². The van der Waals surface area contributed by atoms with Crippen molar-refractivity contribution in [2.75, 3.05) is 25.0 Å². The van der Waals surface area contributed by atoms with E-state index in [4.69, 9.17) is 0 Å². The maximum atomic E-state index is 12.6. The largest absolute Gasteiger partial charge is 0.350 e. The zero-order valence-electron chi connectivity index (χ0n) is 15.5. The van der Waals surface area contributed by atoms with Crippen molar-refractivity contribution in [2.45, 2.75) is 38.6 Å². The first-order valence-electron chi connectivity index (χ1n) is 9.22. The van der Waals surface area contributed by atoms with Crippen LogP contribution in [0.4, 0.5) is 11.6 Å². The predicted octanol–water partition coefficient (Wildman–Crippen LogP) is 3.21. The van der Waals surface area contributed by atoms with Gasteiger partial charge in [0.25, 0.3) is 5.91 Å². The summed E-state index contributed by atoms with van der Waals surface area (Å²) in [6, 6.07) is 9.15. The van der Waals surface area contributed by atoms with Crippen molar-refractivity contribution >= 4 is 17.5 Å². The molecule has 3 rings (SSSR count). The minimum atomic E-state index is -0.0623. The molecule has 1 aliphatic heterocycles. The quantitative estimate of drug-likeness (QED) is 0.834. The van der Waals surface area contributed by atoms with Crippen LogP contribution in [0.25, 0.3) is 0 Å². The zero-order chi connectivity index (χ0) is 18.4. The number of hydrogen-bond donors (Lipinski definition) is 2. The second kappa shape index (κ2) is 8.27. The van der Waals surface area contributed by atoms with Gasteiger partial charge in [-0.1, -0.05) is 12.5 Å². The number of likely N-dealkylation sites (tertiary alicyclic amines) is 1. The molecule has 0 atom stereocenters. The number of rotatable bonds is 6. The summed E-state index contributed by atoms with van der Waals surface area (Å²) in [5.74, 6) is 0.448. The number of aromatic nitrogens is 2. The highest BCUT2D eigenvalue weighted by atomic mass is 16.1. The van der Waals surface area contributed by atoms with Gasteiger partial charge in [-0.2, -0.15) is 0 Å². The molecular formula is C20H27N5O. The summed E-state index contributed by atoms with van der Waals surface area (Å²) in [5.41, 5.74) is 1.38. The summed E-state index contributed by atoms with van der Waals surface area (Å²) in [4.78, 5) is 23.3. The van der Waals surface area contributed by atoms with Crippen LogP contribution in [0.5, 0.6) is 0 Å². The van der Waals surface area contributed by atoms with Gasteiger partial charge in [-0.25, -0.2) is 9.97 Å². The number of nitrogens with zero attached hydrogens (tertiary/aromatic N) is 3. The highest BCUT2D eigenvalue weighted by Crippen LogP contribution is 2.20. The molecule has 2 N–H and O–H groups in total. The first-order chi connectivity index (χ1) is 12.5. The van der Waals surface area contributed by atoms with E-state index in [1.807, 2.05) is 24.3 Å². The summed E-state index contributed by atoms with van der Waals surface area (Å²) in [7, 11) is 0. The number of carbonyl (C=O) groups is 1. The summed E-state index contributed by atoms with van der Waals surface area (Å²) in [6.45, 7) is 7.25. The second-order valence-corrected chi connectivity index (χ2v) is 7.32. The fourth-order valence-corrected chi connectivity index (χ4v) is 3.24. The molecule has 0 bridgehead atoms. The van der Waals surface area contributed by atoms with Crippen LogP contribution < -0.4 is 10.6 Å². The fraction of sp³-hybridized carbons (Fsp3) is 0.450. The molecule has 1 aliphatic rings. The van der Waals surface area contributed by atoms with Crippen LogP contribution >= 0.6 is 0 Å². The van der Waals surface area contributed by atoms with Gasteiger partial charge in [-0.15, -0.1) is 0 Å². The number of anilines is 2. The maximum Gasteiger partial charge on any atom is 0.251 e. The van der Waals surface area contributed by atoms with E-state index in [1.165, 1.54) is 19.3 Å². The van der Waals surface area contributed by atoms with Gasteiger partial charge in [0.15, 0.2) is 0 Å². The first-order valence-corrected chi connectivity index (χ1v) is 9.22. The summed E-state index contributed by atoms with van der Waals surface area (Å²) in [6.07, 6.45) is 7.15. The lowest BCUT2D eigenvalue weighted by atomic mass is 9.98. The van der Waals surface area contributed by atoms with Gasteiger partial charge in [0.05, 0.1) is 0 Å². The van der Waals surface area contributed by atoms with Crippen LogP contribution in [0.3, 0.4) is 0 Å². The van der Waals surface area contributed by atoms with Gasteiger partial charge in [-0.3, -0.25) is 9.69 Å². The van der Waals surface area contributed by atoms with Crippen LogP contribution in [0.15, 0.2) is 42.7 Å². The molecule has 138 valence electrons. The standard InChI is InChI=1S/C20H27N5O/c1-20(2,25-12-4-3-5-13-25)15-23-18(26)16-8-6-9-17(14-16)24-19-21-10-7-11-22-19/h6-11,14H,3-5,12-13,15H2,1-2H3,(H,23,26)(H,21,22,24). The summed E-state index contributed by atoms with van der Waals surface area (Å²) < 4.78 is 0. The Morgan fingerprint density at radius 1 is 1.12 bits per heavy atom. The van der Waals surface area contributed by atoms with Gasteiger partial charge in [0.1, 0.15) is 0 Å². The SMILES string of the molecule is CC(C)(CNC(=O)c1cccc(Nc2ncccn2)c1)N1CCCCC1. The molecule has 26 heavy (non-hydrogen) atoms. The van der Waals surface area contributed by atoms with Gasteiger partial charge in [0, 0.05) is 35.7 Å². The van der Waals surface area contributed by atoms with Crippen LogP contribution in [-0.2, 0) is 0 Å². The van der Waals surface area contributed by atoms with Crippen LogP contribution in [0.1, 0.15) is 43.5 Å². The van der Waals surface area contributed by atoms with Crippen molar-refractivity contribution < 1.29 is 4.79 Å². The third-order valence-corrected chi connectivity index (χ3v) is 4.84. The van der Waals surface area contributed by atoms with E-state index in [0.29, 0.717) is 18.1 Å². The van der Waals surface area contributed by atoms with Gasteiger partial charge in [0.2, 0.25) is 5.95 Å². The van der Waals surface area contributed by atoms with Gasteiger partial charge >= 0.3 is 0 Å². The minimum absolute atomic E-state index is 0.0379. The molecule has 6 nitrogen and oxygen atoms in total. The Kier molecular flexibility index (Phi) is 5.83. The van der Waals surface area contributed by atoms with Crippen molar-refractivity contribution in [3.63, 3.8) is 0 Å². The molecule has 0 spiro atoms. The van der Waals surface area contributed by atoms with E-state index < -0.39 is 0 Å². The third kappa shape index (κ3) is 4.79. The molecule has 0 radical (unpaired) electrons. The smallest absolute Gasteiger partial charge is 0.251 e. The number of carbonyl (C=O) groups excluding carboxylic acids is 1. The predicted molar refractivity (Wildman–Crippen MR) is 104 cm³/mol. The summed E-state index contributed by atoms with van der Waals surface area (Å²) >= 11 is 0. The highest BCUT2D eigenvalue weighted by molar-refractivity contribution is 5.95. The van der Waals surface area contributed by atoms with Crippen LogP contribution in [-0.4, -0.2) is 45.9 Å². The lowest BCUT2D eigenvalue weighted by molar-refractivity contribution is 0.0797. The molecule has 1 aromatic carbocycles. The fourth-order valence-electron chi connectivity index (χ4n) is 3.24. The molecule has 1 saturated heterocycles. The van der Waals surface area contributed by atoms with E-state index in [9.17, 15) is 4.79 Å². The number of benzene rings is 1. The Morgan fingerprint density at radius 3 is 2.58 bits per heavy atom. The van der Waals surface area contributed by atoms with Gasteiger partial charge in [-0.05, 0) is 64.0 Å². The van der Waals surface area contributed by atoms with Crippen molar-refractivity contribution in [2.24, 2.45) is 0 Å². The molecule has 6 heteroatoms. The Bertz CT molecular complexity index is 726. The van der Waals surface area contributed by atoms with E-state index in [1.54, 1.807) is 18.5 Å². The molecule has 0 unspecified atom stereocenters. The molecule has 1 aromatic heterocycles. The Labute approximate surface area is 155 Å². The zero-order valence-corrected chi connectivity index (χ0v) is 15.5. The average molecular weight is 353 g/mol. The molecule has 1 fully saturated rings. The Morgan fingerprint density at radius 2 is 1.85 bits per heavy atom. The molecule has 2 heterocycles. The van der Waals surface area contributed by atoms with Crippen molar-refractivity contribution in [1.82, 2.24) is 20.2 Å². The van der Waals surface area contributed by atoms with Crippen LogP contribution in [0.2, 0.25) is 0 Å². The van der Waals surface area contributed by atoms with Gasteiger partial charge < -0.3 is 10.6 Å². The minimum Gasteiger partial charge on any atom is -0.350 e. The molecular weight excluding hydrogens is 326 g/mol. The molecule has 0 saturated carbocycles. The van der Waals surface area contributed by atoms with Crippen molar-refractivity contribution in [1.29, 1.82) is 0 Å². The second-order valence-electron chi connectivity index (χ2n) is 7.32. The number of nitrogens with one attached hydrogen (secondary N) is 2. The average Bonchev–Trinajstić information content (AvgIpc) is 2.68. The molecule has 2 aromatic rings. The Balaban J connectivity index is 1.60. The van der Waals surface area contributed by atoms with E-state index in [2.05, 4.69) is 39.3 Å². The topological polar surface area (TPSA) is 70.1 Å². The number of hydrogen-bond acceptors (Lipinski definition) is 5. The highest BCUT2D eigenvalue weighted by Gasteiger charge is 2.28.